The molecule has 0 radical (unpaired) electrons. The van der Waals surface area contributed by atoms with Crippen molar-refractivity contribution in [2.45, 2.75) is 12.7 Å². The zero-order chi connectivity index (χ0) is 16.2. The van der Waals surface area contributed by atoms with E-state index in [1.54, 1.807) is 24.0 Å². The molecule has 2 rings (SSSR count). The Hall–Kier alpha value is -2.51. The molecule has 1 aromatic heterocycles. The molecule has 0 bridgehead atoms. The van der Waals surface area contributed by atoms with Crippen LogP contribution in [-0.4, -0.2) is 28.5 Å². The molecule has 0 aliphatic heterocycles. The lowest BCUT2D eigenvalue weighted by molar-refractivity contribution is -0.153. The van der Waals surface area contributed by atoms with Gasteiger partial charge in [0, 0.05) is 18.8 Å². The van der Waals surface area contributed by atoms with Gasteiger partial charge in [-0.15, -0.1) is 0 Å². The lowest BCUT2D eigenvalue weighted by Crippen LogP contribution is -2.23. The van der Waals surface area contributed by atoms with Crippen molar-refractivity contribution in [2.24, 2.45) is 7.05 Å². The highest BCUT2D eigenvalue weighted by Gasteiger charge is 2.28. The Morgan fingerprint density at radius 1 is 1.36 bits per heavy atom. The number of alkyl halides is 3. The van der Waals surface area contributed by atoms with Gasteiger partial charge in [0.15, 0.2) is 6.61 Å². The summed E-state index contributed by atoms with van der Waals surface area (Å²) in [6, 6.07) is 7.33. The second-order valence-electron chi connectivity index (χ2n) is 4.60. The number of carbonyl (C=O) groups excluding carboxylic acids is 1. The van der Waals surface area contributed by atoms with Crippen molar-refractivity contribution in [2.75, 3.05) is 6.61 Å². The van der Waals surface area contributed by atoms with Crippen LogP contribution in [0.2, 0.25) is 0 Å². The number of hydrogen-bond donors (Lipinski definition) is 1. The zero-order valence-electron chi connectivity index (χ0n) is 11.7. The third-order valence-electron chi connectivity index (χ3n) is 2.70. The molecule has 0 aliphatic rings. The Morgan fingerprint density at radius 2 is 2.14 bits per heavy atom. The Bertz CT molecular complexity index is 653. The normalized spacial score (nSPS) is 11.3. The summed E-state index contributed by atoms with van der Waals surface area (Å²) in [6.45, 7) is -1.17. The second-order valence-corrected chi connectivity index (χ2v) is 4.60. The average Bonchev–Trinajstić information content (AvgIpc) is 2.88. The van der Waals surface area contributed by atoms with Gasteiger partial charge in [0.2, 0.25) is 0 Å². The molecule has 5 nitrogen and oxygen atoms in total. The Kier molecular flexibility index (Phi) is 4.69. The monoisotopic (exact) mass is 313 g/mol. The molecule has 0 unspecified atom stereocenters. The number of halogens is 3. The van der Waals surface area contributed by atoms with E-state index in [9.17, 15) is 18.0 Å². The van der Waals surface area contributed by atoms with Gasteiger partial charge in [0.05, 0.1) is 12.2 Å². The highest BCUT2D eigenvalue weighted by atomic mass is 19.4. The van der Waals surface area contributed by atoms with E-state index in [2.05, 4.69) is 15.2 Å². The maximum Gasteiger partial charge on any atom is 0.422 e. The maximum absolute atomic E-state index is 12.1. The fourth-order valence-corrected chi connectivity index (χ4v) is 1.72. The van der Waals surface area contributed by atoms with E-state index in [-0.39, 0.29) is 17.9 Å². The quantitative estimate of drug-likeness (QED) is 0.921. The molecule has 118 valence electrons. The van der Waals surface area contributed by atoms with Crippen molar-refractivity contribution in [3.63, 3.8) is 0 Å². The SMILES string of the molecule is Cn1ccc(CNC(=O)c2cccc(OCC(F)(F)F)c2)n1. The smallest absolute Gasteiger partial charge is 0.422 e. The number of rotatable bonds is 5. The van der Waals surface area contributed by atoms with Gasteiger partial charge >= 0.3 is 6.18 Å². The van der Waals surface area contributed by atoms with Crippen LogP contribution in [0.25, 0.3) is 0 Å². The molecule has 1 amide bonds. The molecule has 0 saturated heterocycles. The first-order valence-corrected chi connectivity index (χ1v) is 6.40. The standard InChI is InChI=1S/C14H14F3N3O2/c1-20-6-5-11(19-20)8-18-13(21)10-3-2-4-12(7-10)22-9-14(15,16)17/h2-7H,8-9H2,1H3,(H,18,21). The summed E-state index contributed by atoms with van der Waals surface area (Å²) >= 11 is 0. The Labute approximate surface area is 124 Å². The number of amides is 1. The maximum atomic E-state index is 12.1. The molecule has 0 spiro atoms. The van der Waals surface area contributed by atoms with E-state index in [1.807, 2.05) is 0 Å². The number of carbonyl (C=O) groups is 1. The van der Waals surface area contributed by atoms with Gasteiger partial charge in [-0.3, -0.25) is 9.48 Å². The third-order valence-corrected chi connectivity index (χ3v) is 2.70. The van der Waals surface area contributed by atoms with Crippen LogP contribution >= 0.6 is 0 Å². The topological polar surface area (TPSA) is 56.2 Å². The van der Waals surface area contributed by atoms with E-state index >= 15 is 0 Å². The summed E-state index contributed by atoms with van der Waals surface area (Å²) in [5, 5.41) is 6.74. The van der Waals surface area contributed by atoms with Gasteiger partial charge in [-0.25, -0.2) is 0 Å². The van der Waals surface area contributed by atoms with Crippen molar-refractivity contribution in [3.8, 4) is 5.75 Å². The number of nitrogens with one attached hydrogen (secondary N) is 1. The molecule has 8 heteroatoms. The third kappa shape index (κ3) is 4.80. The second kappa shape index (κ2) is 6.50. The predicted octanol–water partition coefficient (Wildman–Crippen LogP) is 2.29. The zero-order valence-corrected chi connectivity index (χ0v) is 11.7. The van der Waals surface area contributed by atoms with E-state index in [0.29, 0.717) is 5.69 Å². The summed E-state index contributed by atoms with van der Waals surface area (Å²) in [5.74, 6) is -0.425. The van der Waals surface area contributed by atoms with Crippen LogP contribution in [-0.2, 0) is 13.6 Å². The molecule has 0 atom stereocenters. The first-order valence-electron chi connectivity index (χ1n) is 6.40. The molecule has 2 aromatic rings. The minimum atomic E-state index is -4.42. The first-order chi connectivity index (χ1) is 10.3. The number of hydrogen-bond acceptors (Lipinski definition) is 3. The highest BCUT2D eigenvalue weighted by Crippen LogP contribution is 2.19. The number of nitrogens with zero attached hydrogens (tertiary/aromatic N) is 2. The van der Waals surface area contributed by atoms with Crippen LogP contribution < -0.4 is 10.1 Å². The van der Waals surface area contributed by atoms with Crippen molar-refractivity contribution in [3.05, 3.63) is 47.8 Å². The summed E-state index contributed by atoms with van der Waals surface area (Å²) in [6.07, 6.45) is -2.68. The minimum absolute atomic E-state index is 0.0113. The number of aryl methyl sites for hydroxylation is 1. The van der Waals surface area contributed by atoms with Crippen molar-refractivity contribution in [1.82, 2.24) is 15.1 Å². The van der Waals surface area contributed by atoms with Crippen LogP contribution in [0.4, 0.5) is 13.2 Å². The largest absolute Gasteiger partial charge is 0.484 e. The fraction of sp³-hybridized carbons (Fsp3) is 0.286. The summed E-state index contributed by atoms with van der Waals surface area (Å²) < 4.78 is 42.5. The van der Waals surface area contributed by atoms with Crippen molar-refractivity contribution < 1.29 is 22.7 Å². The lowest BCUT2D eigenvalue weighted by Gasteiger charge is -2.10. The molecule has 1 heterocycles. The number of ether oxygens (including phenoxy) is 1. The van der Waals surface area contributed by atoms with E-state index in [1.165, 1.54) is 24.3 Å². The van der Waals surface area contributed by atoms with Crippen LogP contribution in [0.15, 0.2) is 36.5 Å². The molecular weight excluding hydrogens is 299 g/mol. The van der Waals surface area contributed by atoms with Crippen LogP contribution in [0.5, 0.6) is 5.75 Å². The van der Waals surface area contributed by atoms with Gasteiger partial charge in [0.25, 0.3) is 5.91 Å². The van der Waals surface area contributed by atoms with E-state index in [0.717, 1.165) is 0 Å². The molecule has 1 N–H and O–H groups in total. The first kappa shape index (κ1) is 15.9. The summed E-state index contributed by atoms with van der Waals surface area (Å²) in [5.41, 5.74) is 0.899. The Morgan fingerprint density at radius 3 is 2.77 bits per heavy atom. The van der Waals surface area contributed by atoms with Crippen LogP contribution in [0, 0.1) is 0 Å². The molecule has 0 fully saturated rings. The molecule has 1 aromatic carbocycles. The minimum Gasteiger partial charge on any atom is -0.484 e. The van der Waals surface area contributed by atoms with Crippen LogP contribution in [0.1, 0.15) is 16.1 Å². The van der Waals surface area contributed by atoms with Gasteiger partial charge in [-0.1, -0.05) is 6.07 Å². The summed E-state index contributed by atoms with van der Waals surface area (Å²) in [7, 11) is 1.76. The number of aromatic nitrogens is 2. The Balaban J connectivity index is 1.94. The average molecular weight is 313 g/mol. The molecular formula is C14H14F3N3O2. The fourth-order valence-electron chi connectivity index (χ4n) is 1.72. The number of benzene rings is 1. The van der Waals surface area contributed by atoms with Gasteiger partial charge in [0.1, 0.15) is 5.75 Å². The highest BCUT2D eigenvalue weighted by molar-refractivity contribution is 5.94. The summed E-state index contributed by atoms with van der Waals surface area (Å²) in [4.78, 5) is 12.0. The van der Waals surface area contributed by atoms with Crippen molar-refractivity contribution in [1.29, 1.82) is 0 Å². The van der Waals surface area contributed by atoms with E-state index < -0.39 is 18.7 Å². The van der Waals surface area contributed by atoms with Gasteiger partial charge in [-0.2, -0.15) is 18.3 Å². The predicted molar refractivity (Wildman–Crippen MR) is 72.4 cm³/mol. The van der Waals surface area contributed by atoms with Gasteiger partial charge < -0.3 is 10.1 Å². The van der Waals surface area contributed by atoms with Gasteiger partial charge in [-0.05, 0) is 24.3 Å². The van der Waals surface area contributed by atoms with Crippen LogP contribution in [0.3, 0.4) is 0 Å². The van der Waals surface area contributed by atoms with Crippen molar-refractivity contribution >= 4 is 5.91 Å². The lowest BCUT2D eigenvalue weighted by atomic mass is 10.2. The molecule has 0 saturated carbocycles. The molecule has 22 heavy (non-hydrogen) atoms. The molecule has 0 aliphatic carbocycles. The van der Waals surface area contributed by atoms with E-state index in [4.69, 9.17) is 0 Å².